The van der Waals surface area contributed by atoms with Crippen molar-refractivity contribution >= 4 is 0 Å². The van der Waals surface area contributed by atoms with Crippen molar-refractivity contribution in [3.05, 3.63) is 35.8 Å². The maximum absolute atomic E-state index is 9.66. The molecule has 0 aromatic carbocycles. The van der Waals surface area contributed by atoms with Gasteiger partial charge in [-0.25, -0.2) is 0 Å². The molecule has 0 aliphatic carbocycles. The van der Waals surface area contributed by atoms with Crippen LogP contribution in [0.1, 0.15) is 65.2 Å². The molecule has 206 valence electrons. The van der Waals surface area contributed by atoms with Crippen molar-refractivity contribution in [2.75, 3.05) is 20.3 Å². The Bertz CT molecular complexity index is 938. The number of aliphatic hydroxyl groups excluding tert-OH is 1. The summed E-state index contributed by atoms with van der Waals surface area (Å²) in [5.41, 5.74) is 7.54. The van der Waals surface area contributed by atoms with Gasteiger partial charge in [0.05, 0.1) is 37.6 Å². The first-order valence-corrected chi connectivity index (χ1v) is 13.6. The van der Waals surface area contributed by atoms with E-state index in [0.717, 1.165) is 62.5 Å². The van der Waals surface area contributed by atoms with Gasteiger partial charge in [0.2, 0.25) is 0 Å². The Morgan fingerprint density at radius 3 is 1.89 bits per heavy atom. The average Bonchev–Trinajstić information content (AvgIpc) is 3.38. The van der Waals surface area contributed by atoms with Gasteiger partial charge in [0.1, 0.15) is 23.4 Å². The number of hydrogen-bond acceptors (Lipinski definition) is 8. The van der Waals surface area contributed by atoms with Gasteiger partial charge in [0.15, 0.2) is 12.6 Å². The molecule has 10 atom stereocenters. The van der Waals surface area contributed by atoms with Crippen molar-refractivity contribution in [1.29, 1.82) is 0 Å². The zero-order valence-corrected chi connectivity index (χ0v) is 22.4. The van der Waals surface area contributed by atoms with Crippen LogP contribution in [0.3, 0.4) is 0 Å². The van der Waals surface area contributed by atoms with Crippen molar-refractivity contribution < 1.29 is 38.3 Å². The predicted octanol–water partition coefficient (Wildman–Crippen LogP) is 3.72. The van der Waals surface area contributed by atoms with Crippen LogP contribution in [0.4, 0.5) is 0 Å². The number of methoxy groups -OCH3 is 1. The summed E-state index contributed by atoms with van der Waals surface area (Å²) < 4.78 is 40.9. The summed E-state index contributed by atoms with van der Waals surface area (Å²) in [4.78, 5) is 0. The number of fused-ring (bicyclic) bond motifs is 2. The van der Waals surface area contributed by atoms with Crippen molar-refractivity contribution in [2.24, 2.45) is 0 Å². The van der Waals surface area contributed by atoms with E-state index in [1.165, 1.54) is 0 Å². The highest BCUT2D eigenvalue weighted by Gasteiger charge is 2.59. The Morgan fingerprint density at radius 2 is 1.35 bits per heavy atom. The molecule has 8 nitrogen and oxygen atoms in total. The van der Waals surface area contributed by atoms with Crippen LogP contribution in [-0.4, -0.2) is 85.8 Å². The maximum Gasteiger partial charge on any atom is 0.183 e. The minimum absolute atomic E-state index is 0.0125. The molecule has 6 heterocycles. The lowest BCUT2D eigenvalue weighted by Gasteiger charge is -2.43. The van der Waals surface area contributed by atoms with Crippen molar-refractivity contribution in [2.45, 2.75) is 126 Å². The summed E-state index contributed by atoms with van der Waals surface area (Å²) in [5, 5.41) is 9.66. The van der Waals surface area contributed by atoms with E-state index in [9.17, 15) is 5.11 Å². The highest BCUT2D eigenvalue weighted by atomic mass is 16.7. The maximum atomic E-state index is 9.66. The molecule has 4 bridgehead atoms. The van der Waals surface area contributed by atoms with Gasteiger partial charge in [-0.1, -0.05) is 13.2 Å². The smallest absolute Gasteiger partial charge is 0.183 e. The molecule has 6 saturated heterocycles. The monoisotopic (exact) mass is 518 g/mol. The van der Waals surface area contributed by atoms with Crippen LogP contribution in [0.5, 0.6) is 0 Å². The molecule has 0 radical (unpaired) electrons. The fourth-order valence-electron chi connectivity index (χ4n) is 6.78. The van der Waals surface area contributed by atoms with Gasteiger partial charge in [-0.2, -0.15) is 0 Å². The first-order valence-electron chi connectivity index (χ1n) is 13.6. The second-order valence-corrected chi connectivity index (χ2v) is 11.4. The number of aliphatic hydroxyl groups is 1. The van der Waals surface area contributed by atoms with E-state index in [0.29, 0.717) is 13.2 Å². The van der Waals surface area contributed by atoms with Crippen LogP contribution in [0.15, 0.2) is 35.8 Å². The first-order chi connectivity index (χ1) is 17.8. The highest BCUT2D eigenvalue weighted by Crippen LogP contribution is 2.48. The molecular formula is C29H42O8. The molecule has 0 aromatic heterocycles. The molecule has 0 aromatic rings. The van der Waals surface area contributed by atoms with Gasteiger partial charge in [-0.3, -0.25) is 0 Å². The molecule has 8 heteroatoms. The largest absolute Gasteiger partial charge is 0.366 e. The third-order valence-corrected chi connectivity index (χ3v) is 8.77. The first kappa shape index (κ1) is 27.3. The van der Waals surface area contributed by atoms with E-state index in [1.807, 2.05) is 13.8 Å². The van der Waals surface area contributed by atoms with E-state index in [4.69, 9.17) is 33.2 Å². The molecular weight excluding hydrogens is 476 g/mol. The zero-order valence-electron chi connectivity index (χ0n) is 22.4. The molecule has 6 rings (SSSR count). The molecule has 2 spiro atoms. The Hall–Kier alpha value is -1.28. The number of rotatable bonds is 5. The average molecular weight is 519 g/mol. The predicted molar refractivity (Wildman–Crippen MR) is 135 cm³/mol. The Labute approximate surface area is 220 Å². The van der Waals surface area contributed by atoms with Crippen LogP contribution in [-0.2, 0) is 33.2 Å². The summed E-state index contributed by atoms with van der Waals surface area (Å²) in [6, 6.07) is 0. The van der Waals surface area contributed by atoms with E-state index in [2.05, 4.69) is 24.6 Å². The van der Waals surface area contributed by atoms with Crippen molar-refractivity contribution in [3.8, 4) is 0 Å². The second-order valence-electron chi connectivity index (χ2n) is 11.4. The topological polar surface area (TPSA) is 84.8 Å². The fourth-order valence-corrected chi connectivity index (χ4v) is 6.78. The van der Waals surface area contributed by atoms with Gasteiger partial charge in [0, 0.05) is 32.8 Å². The fraction of sp³-hybridized carbons (Fsp3) is 0.793. The summed E-state index contributed by atoms with van der Waals surface area (Å²) >= 11 is 0. The molecule has 0 saturated carbocycles. The number of ether oxygens (including phenoxy) is 7. The summed E-state index contributed by atoms with van der Waals surface area (Å²) in [5.74, 6) is 0. The molecule has 6 aliphatic rings. The molecule has 6 aliphatic heterocycles. The summed E-state index contributed by atoms with van der Waals surface area (Å²) in [7, 11) is 1.66. The standard InChI is InChI=1S/C15H22O4.C14H20O4/c1-4-10(2)7-11-5-6-13-15(19-11)8-12(18-13)14(16-3)17-9-15;1-3-9(2)6-10-4-5-12-14(18-10)7-11(17-12)13(15)16-8-14/h11-14H,1,5-9H2,2-3H3;10-13,15H,1,4-8H2,2H3/t11?,12-,13+,14-,15-;10?,11-,12+,13?,14-/m11/s1. The van der Waals surface area contributed by atoms with E-state index < -0.39 is 6.29 Å². The molecule has 1 N–H and O–H groups in total. The lowest BCUT2D eigenvalue weighted by molar-refractivity contribution is -0.230. The summed E-state index contributed by atoms with van der Waals surface area (Å²) in [6.45, 7) is 12.4. The molecule has 3 unspecified atom stereocenters. The Kier molecular flexibility index (Phi) is 8.17. The second kappa shape index (κ2) is 11.1. The number of hydrogen-bond donors (Lipinski definition) is 1. The third-order valence-electron chi connectivity index (χ3n) is 8.77. The minimum atomic E-state index is -0.793. The highest BCUT2D eigenvalue weighted by molar-refractivity contribution is 5.08. The van der Waals surface area contributed by atoms with E-state index in [1.54, 1.807) is 7.11 Å². The van der Waals surface area contributed by atoms with Crippen molar-refractivity contribution in [1.82, 2.24) is 0 Å². The minimum Gasteiger partial charge on any atom is -0.366 e. The molecule has 6 fully saturated rings. The molecule has 37 heavy (non-hydrogen) atoms. The Balaban J connectivity index is 0.000000152. The van der Waals surface area contributed by atoms with Crippen LogP contribution < -0.4 is 0 Å². The normalized spacial score (nSPS) is 45.4. The van der Waals surface area contributed by atoms with Gasteiger partial charge in [0.25, 0.3) is 0 Å². The lowest BCUT2D eigenvalue weighted by Crippen LogP contribution is -2.54. The van der Waals surface area contributed by atoms with Crippen LogP contribution >= 0.6 is 0 Å². The third kappa shape index (κ3) is 5.43. The van der Waals surface area contributed by atoms with Crippen LogP contribution in [0.25, 0.3) is 0 Å². The van der Waals surface area contributed by atoms with Crippen LogP contribution in [0.2, 0.25) is 0 Å². The molecule has 0 amide bonds. The summed E-state index contributed by atoms with van der Waals surface area (Å²) in [6.07, 6.45) is 6.80. The van der Waals surface area contributed by atoms with Crippen molar-refractivity contribution in [3.63, 3.8) is 0 Å². The van der Waals surface area contributed by atoms with Gasteiger partial charge < -0.3 is 38.3 Å². The van der Waals surface area contributed by atoms with Gasteiger partial charge in [-0.05, 0) is 50.7 Å². The Morgan fingerprint density at radius 1 is 0.838 bits per heavy atom. The van der Waals surface area contributed by atoms with Gasteiger partial charge in [-0.15, -0.1) is 11.5 Å². The van der Waals surface area contributed by atoms with Gasteiger partial charge >= 0.3 is 0 Å². The van der Waals surface area contributed by atoms with E-state index in [-0.39, 0.29) is 54.1 Å². The van der Waals surface area contributed by atoms with E-state index >= 15 is 0 Å². The lowest BCUT2D eigenvalue weighted by atomic mass is 9.85. The quantitative estimate of drug-likeness (QED) is 0.552. The van der Waals surface area contributed by atoms with Crippen LogP contribution in [0, 0.1) is 0 Å². The SMILES string of the molecule is C=C=C(C)CC1CC[C@@H]2O[C@@H]3C[C@]2(COC3O)O1.C=C=C(C)CC1CC[C@@H]2O[C@@H]3C[C@]2(CO[C@H]3OC)O1. The zero-order chi connectivity index (χ0) is 26.2.